The number of aryl methyl sites for hydroxylation is 1. The van der Waals surface area contributed by atoms with Crippen molar-refractivity contribution < 1.29 is 13.2 Å². The molecule has 0 aliphatic heterocycles. The lowest BCUT2D eigenvalue weighted by atomic mass is 10.2. The maximum absolute atomic E-state index is 12.6. The first-order chi connectivity index (χ1) is 14.7. The Balaban J connectivity index is 1.82. The molecule has 0 unspecified atom stereocenters. The van der Waals surface area contributed by atoms with E-state index in [1.807, 2.05) is 6.92 Å². The molecule has 1 amide bonds. The molecule has 0 aliphatic carbocycles. The zero-order chi connectivity index (χ0) is 22.6. The summed E-state index contributed by atoms with van der Waals surface area (Å²) in [6.45, 7) is 4.06. The second kappa shape index (κ2) is 9.13. The molecule has 3 aromatic rings. The maximum Gasteiger partial charge on any atom is 0.329 e. The van der Waals surface area contributed by atoms with Crippen LogP contribution in [0, 0.1) is 0 Å². The van der Waals surface area contributed by atoms with Crippen LogP contribution in [0.4, 0.5) is 11.4 Å². The number of rotatable bonds is 8. The molecule has 31 heavy (non-hydrogen) atoms. The van der Waals surface area contributed by atoms with Gasteiger partial charge in [0.2, 0.25) is 10.0 Å². The third-order valence-corrected chi connectivity index (χ3v) is 5.92. The molecule has 0 aliphatic rings. The lowest BCUT2D eigenvalue weighted by molar-refractivity contribution is 0.102. The molecule has 0 fully saturated rings. The van der Waals surface area contributed by atoms with E-state index in [0.717, 1.165) is 0 Å². The zero-order valence-corrected chi connectivity index (χ0v) is 18.0. The van der Waals surface area contributed by atoms with E-state index in [9.17, 15) is 22.8 Å². The van der Waals surface area contributed by atoms with Gasteiger partial charge in [0.05, 0.1) is 16.7 Å². The average molecular weight is 446 g/mol. The van der Waals surface area contributed by atoms with Crippen molar-refractivity contribution in [1.82, 2.24) is 14.5 Å². The quantitative estimate of drug-likeness (QED) is 0.483. The van der Waals surface area contributed by atoms with Gasteiger partial charge in [-0.25, -0.2) is 18.2 Å². The molecular weight excluding hydrogens is 422 g/mol. The number of aromatic amines is 1. The second-order valence-corrected chi connectivity index (χ2v) is 8.80. The van der Waals surface area contributed by atoms with E-state index in [0.29, 0.717) is 30.8 Å². The molecule has 11 heteroatoms. The fourth-order valence-corrected chi connectivity index (χ4v) is 4.18. The van der Waals surface area contributed by atoms with Gasteiger partial charge in [-0.2, -0.15) is 0 Å². The number of benzene rings is 1. The van der Waals surface area contributed by atoms with Crippen molar-refractivity contribution in [3.05, 3.63) is 62.9 Å². The largest absolute Gasteiger partial charge is 0.329 e. The number of sulfonamides is 1. The van der Waals surface area contributed by atoms with Gasteiger partial charge in [-0.1, -0.05) is 13.8 Å². The molecular formula is C20H23N5O5S. The highest BCUT2D eigenvalue weighted by molar-refractivity contribution is 7.92. The Morgan fingerprint density at radius 2 is 1.77 bits per heavy atom. The highest BCUT2D eigenvalue weighted by atomic mass is 32.2. The molecule has 2 aromatic heterocycles. The molecule has 3 N–H and O–H groups in total. The van der Waals surface area contributed by atoms with E-state index in [4.69, 9.17) is 0 Å². The number of nitrogens with one attached hydrogen (secondary N) is 3. The number of aromatic nitrogens is 3. The lowest BCUT2D eigenvalue weighted by Gasteiger charge is -2.10. The first kappa shape index (κ1) is 22.2. The number of H-pyrrole nitrogens is 1. The highest BCUT2D eigenvalue weighted by Gasteiger charge is 2.14. The number of amides is 1. The van der Waals surface area contributed by atoms with Gasteiger partial charge in [0.1, 0.15) is 5.65 Å². The number of carbonyl (C=O) groups is 1. The highest BCUT2D eigenvalue weighted by Crippen LogP contribution is 2.17. The Kier molecular flexibility index (Phi) is 6.54. The van der Waals surface area contributed by atoms with Gasteiger partial charge in [0, 0.05) is 24.1 Å². The minimum absolute atomic E-state index is 0.0195. The summed E-state index contributed by atoms with van der Waals surface area (Å²) < 4.78 is 27.5. The smallest absolute Gasteiger partial charge is 0.322 e. The fourth-order valence-electron chi connectivity index (χ4n) is 3.05. The normalized spacial score (nSPS) is 11.4. The van der Waals surface area contributed by atoms with Crippen molar-refractivity contribution in [3.8, 4) is 0 Å². The molecule has 0 radical (unpaired) electrons. The van der Waals surface area contributed by atoms with E-state index in [-0.39, 0.29) is 22.3 Å². The first-order valence-electron chi connectivity index (χ1n) is 9.79. The Morgan fingerprint density at radius 3 is 2.42 bits per heavy atom. The summed E-state index contributed by atoms with van der Waals surface area (Å²) in [6.07, 6.45) is 2.48. The molecule has 0 atom stereocenters. The van der Waals surface area contributed by atoms with Crippen LogP contribution in [0.25, 0.3) is 11.0 Å². The fraction of sp³-hybridized carbons (Fsp3) is 0.300. The molecule has 1 aromatic carbocycles. The summed E-state index contributed by atoms with van der Waals surface area (Å²) >= 11 is 0. The summed E-state index contributed by atoms with van der Waals surface area (Å²) in [7, 11) is -3.40. The predicted octanol–water partition coefficient (Wildman–Crippen LogP) is 1.90. The van der Waals surface area contributed by atoms with Crippen LogP contribution in [0.2, 0.25) is 0 Å². The molecule has 10 nitrogen and oxygen atoms in total. The van der Waals surface area contributed by atoms with Gasteiger partial charge in [0.15, 0.2) is 0 Å². The van der Waals surface area contributed by atoms with Gasteiger partial charge in [-0.3, -0.25) is 23.9 Å². The van der Waals surface area contributed by atoms with Crippen molar-refractivity contribution in [3.63, 3.8) is 0 Å². The van der Waals surface area contributed by atoms with Gasteiger partial charge in [0.25, 0.3) is 11.5 Å². The molecule has 0 saturated heterocycles. The van der Waals surface area contributed by atoms with Gasteiger partial charge < -0.3 is 5.32 Å². The van der Waals surface area contributed by atoms with E-state index in [1.165, 1.54) is 29.0 Å². The number of nitrogens with zero attached hydrogens (tertiary/aromatic N) is 2. The van der Waals surface area contributed by atoms with Gasteiger partial charge in [-0.15, -0.1) is 0 Å². The summed E-state index contributed by atoms with van der Waals surface area (Å²) in [5.41, 5.74) is 0.0351. The topological polar surface area (TPSA) is 143 Å². The Bertz CT molecular complexity index is 1330. The molecule has 0 bridgehead atoms. The second-order valence-electron chi connectivity index (χ2n) is 6.96. The van der Waals surface area contributed by atoms with Crippen molar-refractivity contribution in [2.45, 2.75) is 33.2 Å². The molecule has 164 valence electrons. The standard InChI is InChI=1S/C20H23N5O5S/c1-3-9-25-17-16(19(27)23-20(25)28)11-13(12-21-17)18(26)22-14-5-7-15(8-6-14)24-31(29,30)10-4-2/h5-8,11-12,24H,3-4,9-10H2,1-2H3,(H,22,26)(H,23,27,28). The first-order valence-corrected chi connectivity index (χ1v) is 11.4. The lowest BCUT2D eigenvalue weighted by Crippen LogP contribution is -2.31. The van der Waals surface area contributed by atoms with Crippen LogP contribution >= 0.6 is 0 Å². The number of carbonyl (C=O) groups excluding carboxylic acids is 1. The molecule has 0 spiro atoms. The van der Waals surface area contributed by atoms with Gasteiger partial charge >= 0.3 is 5.69 Å². The van der Waals surface area contributed by atoms with Crippen LogP contribution in [-0.2, 0) is 16.6 Å². The van der Waals surface area contributed by atoms with Crippen LogP contribution in [0.1, 0.15) is 37.0 Å². The number of hydrogen-bond donors (Lipinski definition) is 3. The maximum atomic E-state index is 12.6. The van der Waals surface area contributed by atoms with Crippen LogP contribution in [-0.4, -0.2) is 34.6 Å². The van der Waals surface area contributed by atoms with Gasteiger partial charge in [-0.05, 0) is 43.2 Å². The van der Waals surface area contributed by atoms with E-state index in [2.05, 4.69) is 20.0 Å². The van der Waals surface area contributed by atoms with E-state index >= 15 is 0 Å². The molecule has 2 heterocycles. The van der Waals surface area contributed by atoms with Crippen LogP contribution < -0.4 is 21.3 Å². The number of hydrogen-bond acceptors (Lipinski definition) is 6. The Hall–Kier alpha value is -3.47. The number of pyridine rings is 1. The van der Waals surface area contributed by atoms with Crippen LogP contribution in [0.15, 0.2) is 46.1 Å². The summed E-state index contributed by atoms with van der Waals surface area (Å²) in [4.78, 5) is 43.2. The van der Waals surface area contributed by atoms with Crippen molar-refractivity contribution >= 4 is 38.3 Å². The Morgan fingerprint density at radius 1 is 1.10 bits per heavy atom. The van der Waals surface area contributed by atoms with Crippen molar-refractivity contribution in [1.29, 1.82) is 0 Å². The third kappa shape index (κ3) is 5.18. The summed E-state index contributed by atoms with van der Waals surface area (Å²) in [6, 6.07) is 7.57. The van der Waals surface area contributed by atoms with Crippen molar-refractivity contribution in [2.24, 2.45) is 0 Å². The number of anilines is 2. The monoisotopic (exact) mass is 445 g/mol. The number of fused-ring (bicyclic) bond motifs is 1. The summed E-state index contributed by atoms with van der Waals surface area (Å²) in [5.74, 6) is -0.479. The van der Waals surface area contributed by atoms with Crippen LogP contribution in [0.3, 0.4) is 0 Å². The van der Waals surface area contributed by atoms with Crippen molar-refractivity contribution in [2.75, 3.05) is 15.8 Å². The molecule has 0 saturated carbocycles. The SMILES string of the molecule is CCCn1c(=O)[nH]c(=O)c2cc(C(=O)Nc3ccc(NS(=O)(=O)CCC)cc3)cnc21. The predicted molar refractivity (Wildman–Crippen MR) is 119 cm³/mol. The zero-order valence-electron chi connectivity index (χ0n) is 17.1. The summed E-state index contributed by atoms with van der Waals surface area (Å²) in [5, 5.41) is 2.81. The minimum atomic E-state index is -3.40. The van der Waals surface area contributed by atoms with E-state index < -0.39 is 27.2 Å². The van der Waals surface area contributed by atoms with E-state index in [1.54, 1.807) is 19.1 Å². The minimum Gasteiger partial charge on any atom is -0.322 e. The average Bonchev–Trinajstić information content (AvgIpc) is 2.72. The van der Waals surface area contributed by atoms with Crippen LogP contribution in [0.5, 0.6) is 0 Å². The Labute approximate surface area is 178 Å². The molecule has 3 rings (SSSR count). The third-order valence-electron chi connectivity index (χ3n) is 4.43.